The molecule has 1 rings (SSSR count). The van der Waals surface area contributed by atoms with Crippen molar-refractivity contribution in [2.45, 2.75) is 26.7 Å². The summed E-state index contributed by atoms with van der Waals surface area (Å²) in [4.78, 5) is 6.56. The number of nitrogen functional groups attached to an aromatic ring is 1. The van der Waals surface area contributed by atoms with E-state index in [4.69, 9.17) is 11.1 Å². The lowest BCUT2D eigenvalue weighted by atomic mass is 10.2. The lowest BCUT2D eigenvalue weighted by Gasteiger charge is -2.22. The van der Waals surface area contributed by atoms with E-state index in [9.17, 15) is 0 Å². The van der Waals surface area contributed by atoms with Gasteiger partial charge in [0, 0.05) is 24.8 Å². The number of amidine groups is 1. The van der Waals surface area contributed by atoms with Gasteiger partial charge in [-0.3, -0.25) is 5.41 Å². The van der Waals surface area contributed by atoms with E-state index in [1.165, 1.54) is 0 Å². The van der Waals surface area contributed by atoms with Gasteiger partial charge in [0.1, 0.15) is 11.7 Å². The van der Waals surface area contributed by atoms with Crippen LogP contribution in [-0.2, 0) is 0 Å². The SMILES string of the molecule is CCCN(CCC)c1cc(C(=N)N)ccn1. The summed E-state index contributed by atoms with van der Waals surface area (Å²) in [6, 6.07) is 3.65. The van der Waals surface area contributed by atoms with Gasteiger partial charge in [0.2, 0.25) is 0 Å². The molecule has 0 amide bonds. The molecule has 0 aromatic carbocycles. The Labute approximate surface area is 97.0 Å². The average molecular weight is 220 g/mol. The molecule has 0 aliphatic carbocycles. The topological polar surface area (TPSA) is 66.0 Å². The minimum absolute atomic E-state index is 0.0941. The van der Waals surface area contributed by atoms with Crippen LogP contribution in [0.15, 0.2) is 18.3 Å². The van der Waals surface area contributed by atoms with Crippen LogP contribution in [-0.4, -0.2) is 23.9 Å². The van der Waals surface area contributed by atoms with Crippen molar-refractivity contribution in [3.05, 3.63) is 23.9 Å². The van der Waals surface area contributed by atoms with Gasteiger partial charge >= 0.3 is 0 Å². The fraction of sp³-hybridized carbons (Fsp3) is 0.500. The Bertz CT molecular complexity index is 343. The van der Waals surface area contributed by atoms with Crippen LogP contribution in [0, 0.1) is 5.41 Å². The summed E-state index contributed by atoms with van der Waals surface area (Å²) >= 11 is 0. The van der Waals surface area contributed by atoms with E-state index >= 15 is 0 Å². The fourth-order valence-corrected chi connectivity index (χ4v) is 1.64. The van der Waals surface area contributed by atoms with E-state index in [0.29, 0.717) is 0 Å². The Kier molecular flexibility index (Phi) is 4.76. The van der Waals surface area contributed by atoms with E-state index in [0.717, 1.165) is 37.3 Å². The minimum atomic E-state index is 0.0941. The van der Waals surface area contributed by atoms with Crippen molar-refractivity contribution >= 4 is 11.7 Å². The van der Waals surface area contributed by atoms with Crippen LogP contribution in [0.1, 0.15) is 32.3 Å². The Morgan fingerprint density at radius 3 is 2.50 bits per heavy atom. The standard InChI is InChI=1S/C12H20N4/c1-3-7-16(8-4-2)11-9-10(12(13)14)5-6-15-11/h5-6,9H,3-4,7-8H2,1-2H3,(H3,13,14). The zero-order valence-electron chi connectivity index (χ0n) is 10.0. The van der Waals surface area contributed by atoms with Gasteiger partial charge in [0.05, 0.1) is 0 Å². The van der Waals surface area contributed by atoms with Crippen LogP contribution in [0.2, 0.25) is 0 Å². The summed E-state index contributed by atoms with van der Waals surface area (Å²) in [6.45, 7) is 6.28. The molecular formula is C12H20N4. The number of hydrogen-bond acceptors (Lipinski definition) is 3. The zero-order valence-corrected chi connectivity index (χ0v) is 10.0. The highest BCUT2D eigenvalue weighted by molar-refractivity contribution is 5.95. The molecule has 0 radical (unpaired) electrons. The molecule has 1 aromatic rings. The highest BCUT2D eigenvalue weighted by atomic mass is 15.2. The van der Waals surface area contributed by atoms with Crippen molar-refractivity contribution < 1.29 is 0 Å². The number of nitrogens with two attached hydrogens (primary N) is 1. The molecule has 4 heteroatoms. The summed E-state index contributed by atoms with van der Waals surface area (Å²) in [6.07, 6.45) is 3.89. The monoisotopic (exact) mass is 220 g/mol. The third kappa shape index (κ3) is 3.22. The van der Waals surface area contributed by atoms with E-state index in [1.54, 1.807) is 12.3 Å². The molecule has 0 spiro atoms. The van der Waals surface area contributed by atoms with Gasteiger partial charge in [-0.15, -0.1) is 0 Å². The molecule has 88 valence electrons. The van der Waals surface area contributed by atoms with Crippen LogP contribution in [0.25, 0.3) is 0 Å². The predicted octanol–water partition coefficient (Wildman–Crippen LogP) is 1.99. The van der Waals surface area contributed by atoms with Crippen LogP contribution in [0.4, 0.5) is 5.82 Å². The van der Waals surface area contributed by atoms with Gasteiger partial charge in [-0.1, -0.05) is 13.8 Å². The molecule has 0 fully saturated rings. The lowest BCUT2D eigenvalue weighted by Crippen LogP contribution is -2.26. The Balaban J connectivity index is 2.90. The first-order valence-electron chi connectivity index (χ1n) is 5.74. The number of anilines is 1. The van der Waals surface area contributed by atoms with Crippen molar-refractivity contribution in [2.24, 2.45) is 5.73 Å². The zero-order chi connectivity index (χ0) is 12.0. The van der Waals surface area contributed by atoms with Gasteiger partial charge in [-0.05, 0) is 25.0 Å². The van der Waals surface area contributed by atoms with Crippen molar-refractivity contribution in [2.75, 3.05) is 18.0 Å². The number of nitrogens with zero attached hydrogens (tertiary/aromatic N) is 2. The maximum atomic E-state index is 7.41. The summed E-state index contributed by atoms with van der Waals surface area (Å²) in [5.74, 6) is 1.01. The molecular weight excluding hydrogens is 200 g/mol. The third-order valence-corrected chi connectivity index (χ3v) is 2.37. The van der Waals surface area contributed by atoms with Crippen molar-refractivity contribution in [3.63, 3.8) is 0 Å². The van der Waals surface area contributed by atoms with Gasteiger partial charge in [0.15, 0.2) is 0 Å². The number of hydrogen-bond donors (Lipinski definition) is 2. The first-order chi connectivity index (χ1) is 7.69. The van der Waals surface area contributed by atoms with Gasteiger partial charge in [-0.25, -0.2) is 4.98 Å². The molecule has 4 nitrogen and oxygen atoms in total. The lowest BCUT2D eigenvalue weighted by molar-refractivity contribution is 0.734. The van der Waals surface area contributed by atoms with Crippen LogP contribution >= 0.6 is 0 Å². The van der Waals surface area contributed by atoms with Crippen molar-refractivity contribution in [1.82, 2.24) is 4.98 Å². The molecule has 0 aliphatic rings. The van der Waals surface area contributed by atoms with Gasteiger partial charge in [0.25, 0.3) is 0 Å². The van der Waals surface area contributed by atoms with E-state index in [2.05, 4.69) is 23.7 Å². The summed E-state index contributed by atoms with van der Waals surface area (Å²) in [5, 5.41) is 7.41. The minimum Gasteiger partial charge on any atom is -0.384 e. The second kappa shape index (κ2) is 6.10. The quantitative estimate of drug-likeness (QED) is 0.569. The number of pyridine rings is 1. The number of nitrogens with one attached hydrogen (secondary N) is 1. The van der Waals surface area contributed by atoms with E-state index < -0.39 is 0 Å². The second-order valence-corrected chi connectivity index (χ2v) is 3.80. The summed E-state index contributed by atoms with van der Waals surface area (Å²) in [7, 11) is 0. The summed E-state index contributed by atoms with van der Waals surface area (Å²) in [5.41, 5.74) is 6.21. The first-order valence-corrected chi connectivity index (χ1v) is 5.74. The largest absolute Gasteiger partial charge is 0.384 e. The van der Waals surface area contributed by atoms with Gasteiger partial charge in [-0.2, -0.15) is 0 Å². The normalized spacial score (nSPS) is 10.1. The molecule has 0 unspecified atom stereocenters. The predicted molar refractivity (Wildman–Crippen MR) is 68.0 cm³/mol. The maximum absolute atomic E-state index is 7.41. The maximum Gasteiger partial charge on any atom is 0.129 e. The Morgan fingerprint density at radius 1 is 1.38 bits per heavy atom. The fourth-order valence-electron chi connectivity index (χ4n) is 1.64. The van der Waals surface area contributed by atoms with E-state index in [1.807, 2.05) is 6.07 Å². The Morgan fingerprint density at radius 2 is 2.00 bits per heavy atom. The molecule has 1 heterocycles. The number of rotatable bonds is 6. The molecule has 0 saturated carbocycles. The molecule has 0 atom stereocenters. The first kappa shape index (κ1) is 12.5. The van der Waals surface area contributed by atoms with Crippen LogP contribution in [0.3, 0.4) is 0 Å². The van der Waals surface area contributed by atoms with Gasteiger partial charge < -0.3 is 10.6 Å². The van der Waals surface area contributed by atoms with Crippen molar-refractivity contribution in [3.8, 4) is 0 Å². The molecule has 0 bridgehead atoms. The molecule has 3 N–H and O–H groups in total. The molecule has 0 aliphatic heterocycles. The Hall–Kier alpha value is -1.58. The second-order valence-electron chi connectivity index (χ2n) is 3.80. The molecule has 0 saturated heterocycles. The van der Waals surface area contributed by atoms with E-state index in [-0.39, 0.29) is 5.84 Å². The molecule has 1 aromatic heterocycles. The van der Waals surface area contributed by atoms with Crippen LogP contribution < -0.4 is 10.6 Å². The highest BCUT2D eigenvalue weighted by Gasteiger charge is 2.07. The summed E-state index contributed by atoms with van der Waals surface area (Å²) < 4.78 is 0. The smallest absolute Gasteiger partial charge is 0.129 e. The number of aromatic nitrogens is 1. The van der Waals surface area contributed by atoms with Crippen LogP contribution in [0.5, 0.6) is 0 Å². The molecule has 16 heavy (non-hydrogen) atoms. The highest BCUT2D eigenvalue weighted by Crippen LogP contribution is 2.13. The average Bonchev–Trinajstić information content (AvgIpc) is 2.29. The van der Waals surface area contributed by atoms with Crippen molar-refractivity contribution in [1.29, 1.82) is 5.41 Å². The third-order valence-electron chi connectivity index (χ3n) is 2.37.